The van der Waals surface area contributed by atoms with Gasteiger partial charge in [-0.2, -0.15) is 0 Å². The molecular formula is C18H24N2O5. The standard InChI is InChI=1S/C16H20N2O3.C2H4O2/c19-14-6-5-11-12(14)3-1-4-13(11)15(20)18-10-16(21)7-2-8-17-9-16;1-2(3)4/h1,3-4,17,21H,2,5-10H2,(H,18,20);1H3,(H,3,4). The average Bonchev–Trinajstić information content (AvgIpc) is 2.94. The van der Waals surface area contributed by atoms with Crippen LogP contribution in [0.25, 0.3) is 0 Å². The van der Waals surface area contributed by atoms with Crippen molar-refractivity contribution < 1.29 is 24.6 Å². The fourth-order valence-electron chi connectivity index (χ4n) is 3.15. The molecule has 0 spiro atoms. The molecule has 0 bridgehead atoms. The molecule has 0 saturated carbocycles. The van der Waals surface area contributed by atoms with Crippen LogP contribution in [0.4, 0.5) is 0 Å². The van der Waals surface area contributed by atoms with Crippen molar-refractivity contribution in [2.24, 2.45) is 0 Å². The Bertz CT molecular complexity index is 661. The first-order chi connectivity index (χ1) is 11.8. The van der Waals surface area contributed by atoms with E-state index in [4.69, 9.17) is 9.90 Å². The second kappa shape index (κ2) is 8.22. The first kappa shape index (κ1) is 19.1. The van der Waals surface area contributed by atoms with E-state index >= 15 is 0 Å². The van der Waals surface area contributed by atoms with Crippen molar-refractivity contribution in [3.63, 3.8) is 0 Å². The summed E-state index contributed by atoms with van der Waals surface area (Å²) in [7, 11) is 0. The third kappa shape index (κ3) is 5.11. The second-order valence-electron chi connectivity index (χ2n) is 6.46. The number of carboxylic acids is 1. The molecule has 1 aliphatic heterocycles. The number of hydrogen-bond acceptors (Lipinski definition) is 5. The highest BCUT2D eigenvalue weighted by molar-refractivity contribution is 6.05. The minimum atomic E-state index is -0.873. The summed E-state index contributed by atoms with van der Waals surface area (Å²) in [6.45, 7) is 2.72. The maximum atomic E-state index is 12.3. The Kier molecular flexibility index (Phi) is 6.27. The van der Waals surface area contributed by atoms with Gasteiger partial charge in [-0.15, -0.1) is 0 Å². The van der Waals surface area contributed by atoms with Crippen LogP contribution in [-0.4, -0.2) is 53.1 Å². The molecule has 1 saturated heterocycles. The lowest BCUT2D eigenvalue weighted by Crippen LogP contribution is -2.52. The van der Waals surface area contributed by atoms with Gasteiger partial charge in [0.25, 0.3) is 11.9 Å². The van der Waals surface area contributed by atoms with Gasteiger partial charge < -0.3 is 20.8 Å². The molecule has 3 rings (SSSR count). The molecule has 1 amide bonds. The predicted octanol–water partition coefficient (Wildman–Crippen LogP) is 0.751. The molecule has 0 radical (unpaired) electrons. The van der Waals surface area contributed by atoms with Gasteiger partial charge >= 0.3 is 0 Å². The fourth-order valence-corrected chi connectivity index (χ4v) is 3.15. The van der Waals surface area contributed by atoms with Gasteiger partial charge in [-0.3, -0.25) is 14.4 Å². The summed E-state index contributed by atoms with van der Waals surface area (Å²) >= 11 is 0. The number of carbonyl (C=O) groups is 3. The van der Waals surface area contributed by atoms with E-state index in [0.717, 1.165) is 25.5 Å². The highest BCUT2D eigenvalue weighted by atomic mass is 16.4. The van der Waals surface area contributed by atoms with Crippen LogP contribution < -0.4 is 10.6 Å². The van der Waals surface area contributed by atoms with Crippen molar-refractivity contribution in [1.82, 2.24) is 10.6 Å². The number of fused-ring (bicyclic) bond motifs is 1. The molecule has 7 heteroatoms. The smallest absolute Gasteiger partial charge is 0.300 e. The fraction of sp³-hybridized carbons (Fsp3) is 0.500. The molecule has 1 heterocycles. The lowest BCUT2D eigenvalue weighted by molar-refractivity contribution is -0.134. The van der Waals surface area contributed by atoms with Gasteiger partial charge in [0, 0.05) is 37.6 Å². The van der Waals surface area contributed by atoms with E-state index in [9.17, 15) is 14.7 Å². The third-order valence-corrected chi connectivity index (χ3v) is 4.35. The number of carboxylic acid groups (broad SMARTS) is 1. The number of aliphatic hydroxyl groups is 1. The first-order valence-corrected chi connectivity index (χ1v) is 8.38. The van der Waals surface area contributed by atoms with Gasteiger partial charge in [0.15, 0.2) is 5.78 Å². The van der Waals surface area contributed by atoms with Gasteiger partial charge in [-0.1, -0.05) is 12.1 Å². The molecule has 1 unspecified atom stereocenters. The lowest BCUT2D eigenvalue weighted by atomic mass is 9.94. The van der Waals surface area contributed by atoms with Crippen LogP contribution in [0.2, 0.25) is 0 Å². The zero-order valence-corrected chi connectivity index (χ0v) is 14.3. The van der Waals surface area contributed by atoms with Gasteiger partial charge in [-0.05, 0) is 37.4 Å². The summed E-state index contributed by atoms with van der Waals surface area (Å²) in [4.78, 5) is 33.1. The summed E-state index contributed by atoms with van der Waals surface area (Å²) < 4.78 is 0. The maximum Gasteiger partial charge on any atom is 0.300 e. The van der Waals surface area contributed by atoms with Crippen molar-refractivity contribution in [2.45, 2.75) is 38.2 Å². The van der Waals surface area contributed by atoms with Crippen LogP contribution in [0, 0.1) is 0 Å². The zero-order chi connectivity index (χ0) is 18.4. The predicted molar refractivity (Wildman–Crippen MR) is 91.8 cm³/mol. The zero-order valence-electron chi connectivity index (χ0n) is 14.3. The van der Waals surface area contributed by atoms with Crippen molar-refractivity contribution in [3.8, 4) is 0 Å². The number of Topliss-reactive ketones (excluding diaryl/α,β-unsaturated/α-hetero) is 1. The number of aliphatic carboxylic acids is 1. The van der Waals surface area contributed by atoms with E-state index in [0.29, 0.717) is 36.9 Å². The van der Waals surface area contributed by atoms with Crippen LogP contribution in [-0.2, 0) is 11.2 Å². The Morgan fingerprint density at radius 3 is 2.68 bits per heavy atom. The van der Waals surface area contributed by atoms with Crippen molar-refractivity contribution >= 4 is 17.7 Å². The van der Waals surface area contributed by atoms with Crippen LogP contribution in [0.3, 0.4) is 0 Å². The molecular weight excluding hydrogens is 324 g/mol. The average molecular weight is 348 g/mol. The molecule has 1 aliphatic carbocycles. The van der Waals surface area contributed by atoms with E-state index in [1.54, 1.807) is 18.2 Å². The number of amides is 1. The van der Waals surface area contributed by atoms with Crippen LogP contribution in [0.5, 0.6) is 0 Å². The van der Waals surface area contributed by atoms with E-state index in [-0.39, 0.29) is 18.2 Å². The molecule has 7 nitrogen and oxygen atoms in total. The maximum absolute atomic E-state index is 12.3. The van der Waals surface area contributed by atoms with Gasteiger partial charge in [0.1, 0.15) is 0 Å². The summed E-state index contributed by atoms with van der Waals surface area (Å²) in [5.74, 6) is -0.935. The number of piperidine rings is 1. The van der Waals surface area contributed by atoms with Crippen molar-refractivity contribution in [3.05, 3.63) is 34.9 Å². The Balaban J connectivity index is 0.000000511. The molecule has 2 aliphatic rings. The first-order valence-electron chi connectivity index (χ1n) is 8.38. The van der Waals surface area contributed by atoms with Crippen LogP contribution in [0.15, 0.2) is 18.2 Å². The minimum absolute atomic E-state index is 0.106. The van der Waals surface area contributed by atoms with Crippen molar-refractivity contribution in [1.29, 1.82) is 0 Å². The Morgan fingerprint density at radius 1 is 1.32 bits per heavy atom. The number of nitrogens with one attached hydrogen (secondary N) is 2. The van der Waals surface area contributed by atoms with E-state index < -0.39 is 11.6 Å². The lowest BCUT2D eigenvalue weighted by Gasteiger charge is -2.32. The highest BCUT2D eigenvalue weighted by Crippen LogP contribution is 2.25. The summed E-state index contributed by atoms with van der Waals surface area (Å²) in [5.41, 5.74) is 1.20. The van der Waals surface area contributed by atoms with Crippen LogP contribution in [0.1, 0.15) is 52.5 Å². The SMILES string of the molecule is CC(=O)O.O=C1CCc2c1cccc2C(=O)NCC1(O)CCCNC1. The number of rotatable bonds is 3. The Hall–Kier alpha value is -2.25. The molecule has 25 heavy (non-hydrogen) atoms. The number of β-amino-alcohol motifs (C(OH)–C–C–N with tert-alkyl or cyclic N) is 1. The molecule has 1 aromatic rings. The molecule has 4 N–H and O–H groups in total. The molecule has 1 fully saturated rings. The number of hydrogen-bond donors (Lipinski definition) is 4. The Morgan fingerprint density at radius 2 is 2.04 bits per heavy atom. The number of benzene rings is 1. The second-order valence-corrected chi connectivity index (χ2v) is 6.46. The molecule has 136 valence electrons. The normalized spacial score (nSPS) is 21.8. The van der Waals surface area contributed by atoms with E-state index in [1.807, 2.05) is 0 Å². The quantitative estimate of drug-likeness (QED) is 0.641. The van der Waals surface area contributed by atoms with Gasteiger partial charge in [-0.25, -0.2) is 0 Å². The van der Waals surface area contributed by atoms with Crippen molar-refractivity contribution in [2.75, 3.05) is 19.6 Å². The molecule has 1 atom stereocenters. The minimum Gasteiger partial charge on any atom is -0.481 e. The summed E-state index contributed by atoms with van der Waals surface area (Å²) in [6, 6.07) is 5.27. The number of ketones is 1. The molecule has 1 aromatic carbocycles. The Labute approximate surface area is 146 Å². The van der Waals surface area contributed by atoms with Gasteiger partial charge in [0.05, 0.1) is 5.60 Å². The topological polar surface area (TPSA) is 116 Å². The monoisotopic (exact) mass is 348 g/mol. The van der Waals surface area contributed by atoms with Crippen LogP contribution >= 0.6 is 0 Å². The number of carbonyl (C=O) groups excluding carboxylic acids is 2. The largest absolute Gasteiger partial charge is 0.481 e. The summed E-state index contributed by atoms with van der Waals surface area (Å²) in [5, 5.41) is 23.7. The summed E-state index contributed by atoms with van der Waals surface area (Å²) in [6.07, 6.45) is 2.70. The molecule has 0 aromatic heterocycles. The van der Waals surface area contributed by atoms with E-state index in [1.165, 1.54) is 0 Å². The highest BCUT2D eigenvalue weighted by Gasteiger charge is 2.30. The van der Waals surface area contributed by atoms with Gasteiger partial charge in [0.2, 0.25) is 0 Å². The van der Waals surface area contributed by atoms with E-state index in [2.05, 4.69) is 10.6 Å². The third-order valence-electron chi connectivity index (χ3n) is 4.35.